The molecule has 0 saturated carbocycles. The molecule has 8 nitrogen and oxygen atoms in total. The van der Waals surface area contributed by atoms with E-state index in [9.17, 15) is 10.2 Å². The quantitative estimate of drug-likeness (QED) is 0.297. The van der Waals surface area contributed by atoms with Gasteiger partial charge < -0.3 is 34.7 Å². The number of aliphatic hydroxyl groups is 2. The second-order valence-corrected chi connectivity index (χ2v) is 9.93. The molecule has 5 unspecified atom stereocenters. The van der Waals surface area contributed by atoms with Crippen molar-refractivity contribution in [3.63, 3.8) is 0 Å². The van der Waals surface area contributed by atoms with Crippen LogP contribution in [0, 0.1) is 11.6 Å². The van der Waals surface area contributed by atoms with Gasteiger partial charge in [-0.2, -0.15) is 4.98 Å². The van der Waals surface area contributed by atoms with E-state index in [0.717, 1.165) is 29.8 Å². The summed E-state index contributed by atoms with van der Waals surface area (Å²) in [6.45, 7) is 3.85. The van der Waals surface area contributed by atoms with Gasteiger partial charge in [0.2, 0.25) is 0 Å². The Balaban J connectivity index is 1.22. The van der Waals surface area contributed by atoms with Gasteiger partial charge in [0.1, 0.15) is 23.5 Å². The van der Waals surface area contributed by atoms with E-state index in [4.69, 9.17) is 14.2 Å². The minimum atomic E-state index is -1.09. The Morgan fingerprint density at radius 3 is 2.36 bits per heavy atom. The van der Waals surface area contributed by atoms with Crippen LogP contribution in [0.2, 0.25) is 0 Å². The molecule has 0 spiro atoms. The lowest BCUT2D eigenvalue weighted by atomic mass is 9.98. The lowest BCUT2D eigenvalue weighted by Gasteiger charge is -2.24. The predicted octanol–water partition coefficient (Wildman–Crippen LogP) is 3.72. The number of aromatic amines is 1. The second kappa shape index (κ2) is 10.6. The zero-order valence-electron chi connectivity index (χ0n) is 21.2. The molecule has 10 heteroatoms. The van der Waals surface area contributed by atoms with Crippen molar-refractivity contribution in [1.82, 2.24) is 15.3 Å². The Labute approximate surface area is 223 Å². The van der Waals surface area contributed by atoms with Crippen molar-refractivity contribution < 1.29 is 33.2 Å². The zero-order chi connectivity index (χ0) is 27.1. The number of nitrogens with zero attached hydrogens (tertiary/aromatic N) is 1. The number of hydrogen-bond donors (Lipinski definition) is 4. The number of halogens is 2. The maximum absolute atomic E-state index is 15.5. The van der Waals surface area contributed by atoms with Gasteiger partial charge in [0.25, 0.3) is 6.01 Å². The Kier molecular flexibility index (Phi) is 7.05. The van der Waals surface area contributed by atoms with E-state index in [1.165, 1.54) is 13.0 Å². The first-order valence-corrected chi connectivity index (χ1v) is 12.9. The molecule has 2 saturated heterocycles. The van der Waals surface area contributed by atoms with Crippen LogP contribution in [0.15, 0.2) is 54.6 Å². The summed E-state index contributed by atoms with van der Waals surface area (Å²) < 4.78 is 47.5. The molecule has 2 fully saturated rings. The predicted molar refractivity (Wildman–Crippen MR) is 140 cm³/mol. The summed E-state index contributed by atoms with van der Waals surface area (Å²) in [5.74, 6) is -1.56. The molecule has 1 aromatic heterocycles. The fraction of sp³-hybridized carbons (Fsp3) is 0.345. The molecule has 0 amide bonds. The van der Waals surface area contributed by atoms with E-state index in [-0.39, 0.29) is 35.3 Å². The van der Waals surface area contributed by atoms with Crippen molar-refractivity contribution in [2.24, 2.45) is 0 Å². The second-order valence-electron chi connectivity index (χ2n) is 9.93. The highest BCUT2D eigenvalue weighted by atomic mass is 19.1. The van der Waals surface area contributed by atoms with Gasteiger partial charge in [-0.3, -0.25) is 0 Å². The third-order valence-electron chi connectivity index (χ3n) is 7.27. The number of ether oxygens (including phenoxy) is 3. The van der Waals surface area contributed by atoms with Gasteiger partial charge in [0.15, 0.2) is 11.9 Å². The van der Waals surface area contributed by atoms with Gasteiger partial charge in [0.05, 0.1) is 36.5 Å². The molecule has 3 heterocycles. The summed E-state index contributed by atoms with van der Waals surface area (Å²) in [6.07, 6.45) is -3.57. The van der Waals surface area contributed by atoms with Crippen molar-refractivity contribution >= 4 is 11.0 Å². The minimum absolute atomic E-state index is 0.0243. The van der Waals surface area contributed by atoms with Crippen LogP contribution in [-0.4, -0.2) is 70.9 Å². The maximum atomic E-state index is 15.5. The number of rotatable bonds is 6. The van der Waals surface area contributed by atoms with E-state index in [1.807, 2.05) is 36.4 Å². The summed E-state index contributed by atoms with van der Waals surface area (Å²) in [5, 5.41) is 23.4. The third kappa shape index (κ3) is 5.02. The van der Waals surface area contributed by atoms with Crippen LogP contribution in [0.25, 0.3) is 33.3 Å². The molecule has 4 N–H and O–H groups in total. The lowest BCUT2D eigenvalue weighted by Crippen LogP contribution is -2.39. The van der Waals surface area contributed by atoms with E-state index < -0.39 is 36.1 Å². The van der Waals surface area contributed by atoms with Crippen molar-refractivity contribution in [2.75, 3.05) is 26.3 Å². The van der Waals surface area contributed by atoms with Crippen LogP contribution >= 0.6 is 0 Å². The van der Waals surface area contributed by atoms with Gasteiger partial charge in [-0.25, -0.2) is 8.78 Å². The fourth-order valence-corrected chi connectivity index (χ4v) is 5.16. The molecule has 0 bridgehead atoms. The summed E-state index contributed by atoms with van der Waals surface area (Å²) in [5.41, 5.74) is 3.22. The Morgan fingerprint density at radius 1 is 1.03 bits per heavy atom. The van der Waals surface area contributed by atoms with Gasteiger partial charge >= 0.3 is 0 Å². The van der Waals surface area contributed by atoms with E-state index in [1.54, 1.807) is 12.1 Å². The number of aliphatic hydroxyl groups excluding tert-OH is 2. The topological polar surface area (TPSA) is 109 Å². The largest absolute Gasteiger partial charge is 0.456 e. The normalized spacial score (nSPS) is 24.2. The first-order valence-electron chi connectivity index (χ1n) is 12.9. The molecule has 4 aromatic rings. The summed E-state index contributed by atoms with van der Waals surface area (Å²) in [6, 6.07) is 16.2. The molecule has 0 radical (unpaired) electrons. The molecule has 39 heavy (non-hydrogen) atoms. The first-order chi connectivity index (χ1) is 18.9. The van der Waals surface area contributed by atoms with Crippen LogP contribution in [-0.2, 0) is 9.47 Å². The Hall–Kier alpha value is -3.41. The van der Waals surface area contributed by atoms with E-state index in [0.29, 0.717) is 12.2 Å². The summed E-state index contributed by atoms with van der Waals surface area (Å²) in [7, 11) is 0. The molecule has 3 aromatic carbocycles. The van der Waals surface area contributed by atoms with Crippen LogP contribution < -0.4 is 10.1 Å². The first kappa shape index (κ1) is 25.8. The zero-order valence-corrected chi connectivity index (χ0v) is 21.2. The molecule has 6 rings (SSSR count). The smallest absolute Gasteiger partial charge is 0.295 e. The van der Waals surface area contributed by atoms with Gasteiger partial charge in [-0.1, -0.05) is 48.5 Å². The van der Waals surface area contributed by atoms with Gasteiger partial charge in [-0.05, 0) is 29.2 Å². The number of nitrogens with one attached hydrogen (secondary N) is 2. The Bertz CT molecular complexity index is 1450. The SMILES string of the molecule is CC(O)C1OCC(Oc2nc3c(F)c(-c4ccc(-c5ccc(C6CNCCO6)cc5)cc4)c(F)cc3[nH]2)C1O. The number of hydrogen-bond acceptors (Lipinski definition) is 7. The molecule has 0 aliphatic carbocycles. The minimum Gasteiger partial charge on any atom is -0.456 e. The molecule has 204 valence electrons. The monoisotopic (exact) mass is 537 g/mol. The summed E-state index contributed by atoms with van der Waals surface area (Å²) >= 11 is 0. The molecule has 2 aliphatic rings. The fourth-order valence-electron chi connectivity index (χ4n) is 5.16. The number of fused-ring (bicyclic) bond motifs is 1. The highest BCUT2D eigenvalue weighted by molar-refractivity contribution is 5.84. The van der Waals surface area contributed by atoms with Gasteiger partial charge in [0, 0.05) is 19.2 Å². The maximum Gasteiger partial charge on any atom is 0.295 e. The van der Waals surface area contributed by atoms with Crippen molar-refractivity contribution in [3.05, 3.63) is 71.8 Å². The van der Waals surface area contributed by atoms with E-state index >= 15 is 8.78 Å². The molecule has 5 atom stereocenters. The number of H-pyrrole nitrogens is 1. The number of imidazole rings is 1. The van der Waals surface area contributed by atoms with Crippen molar-refractivity contribution in [2.45, 2.75) is 37.4 Å². The highest BCUT2D eigenvalue weighted by Crippen LogP contribution is 2.34. The average molecular weight is 538 g/mol. The number of aromatic nitrogens is 2. The van der Waals surface area contributed by atoms with Crippen molar-refractivity contribution in [1.29, 1.82) is 0 Å². The number of benzene rings is 3. The van der Waals surface area contributed by atoms with Crippen LogP contribution in [0.4, 0.5) is 8.78 Å². The van der Waals surface area contributed by atoms with Crippen molar-refractivity contribution in [3.8, 4) is 28.3 Å². The highest BCUT2D eigenvalue weighted by Gasteiger charge is 2.40. The lowest BCUT2D eigenvalue weighted by molar-refractivity contribution is -0.0419. The molecular formula is C29H29F2N3O5. The molecular weight excluding hydrogens is 508 g/mol. The third-order valence-corrected chi connectivity index (χ3v) is 7.27. The van der Waals surface area contributed by atoms with Crippen LogP contribution in [0.1, 0.15) is 18.6 Å². The molecule has 2 aliphatic heterocycles. The van der Waals surface area contributed by atoms with Gasteiger partial charge in [-0.15, -0.1) is 0 Å². The summed E-state index contributed by atoms with van der Waals surface area (Å²) in [4.78, 5) is 6.91. The average Bonchev–Trinajstić information content (AvgIpc) is 3.53. The van der Waals surface area contributed by atoms with Crippen LogP contribution in [0.5, 0.6) is 6.01 Å². The van der Waals surface area contributed by atoms with E-state index in [2.05, 4.69) is 15.3 Å². The van der Waals surface area contributed by atoms with Crippen LogP contribution in [0.3, 0.4) is 0 Å². The standard InChI is InChI=1S/C29H29F2N3O5/c1-15(35)28-27(36)23(14-38-28)39-29-33-21-12-20(30)24(25(31)26(21)34-29)19-8-4-17(5-9-19)16-2-6-18(7-3-16)22-13-32-10-11-37-22/h2-9,12,15,22-23,27-28,32,35-36H,10-11,13-14H2,1H3,(H,33,34). The Morgan fingerprint density at radius 2 is 1.72 bits per heavy atom. The number of morpholine rings is 1.